The maximum atomic E-state index is 12.8. The average molecular weight is 421 g/mol. The van der Waals surface area contributed by atoms with Crippen LogP contribution in [-0.2, 0) is 6.42 Å². The molecule has 0 saturated carbocycles. The second-order valence-electron chi connectivity index (χ2n) is 7.64. The molecule has 1 fully saturated rings. The van der Waals surface area contributed by atoms with Crippen LogP contribution in [0.3, 0.4) is 0 Å². The highest BCUT2D eigenvalue weighted by molar-refractivity contribution is 5.94. The van der Waals surface area contributed by atoms with Crippen LogP contribution < -0.4 is 9.47 Å². The number of ether oxygens (including phenoxy) is 2. The number of benzene rings is 2. The van der Waals surface area contributed by atoms with E-state index in [1.54, 1.807) is 7.11 Å². The first-order valence-electron chi connectivity index (χ1n) is 10.7. The Morgan fingerprint density at radius 1 is 1.06 bits per heavy atom. The Labute approximate surface area is 182 Å². The normalized spacial score (nSPS) is 14.5. The highest BCUT2D eigenvalue weighted by atomic mass is 16.5. The van der Waals surface area contributed by atoms with Crippen molar-refractivity contribution in [2.24, 2.45) is 5.92 Å². The van der Waals surface area contributed by atoms with E-state index in [1.165, 1.54) is 0 Å². The topological polar surface area (TPSA) is 77.7 Å². The molecule has 1 amide bonds. The van der Waals surface area contributed by atoms with Crippen LogP contribution in [0.15, 0.2) is 53.1 Å². The molecule has 0 bridgehead atoms. The molecule has 4 rings (SSSR count). The van der Waals surface area contributed by atoms with Crippen molar-refractivity contribution in [3.05, 3.63) is 60.0 Å². The van der Waals surface area contributed by atoms with Gasteiger partial charge >= 0.3 is 0 Å². The van der Waals surface area contributed by atoms with Crippen LogP contribution in [0, 0.1) is 5.92 Å². The fourth-order valence-electron chi connectivity index (χ4n) is 3.83. The molecular formula is C24H27N3O4. The number of carbonyl (C=O) groups excluding carboxylic acids is 1. The first-order chi connectivity index (χ1) is 15.2. The number of carbonyl (C=O) groups is 1. The van der Waals surface area contributed by atoms with Gasteiger partial charge in [0.2, 0.25) is 11.7 Å². The van der Waals surface area contributed by atoms with Gasteiger partial charge in [0.15, 0.2) is 0 Å². The summed E-state index contributed by atoms with van der Waals surface area (Å²) in [5.41, 5.74) is 1.59. The molecule has 1 aliphatic rings. The molecule has 0 aliphatic carbocycles. The third kappa shape index (κ3) is 5.05. The number of methoxy groups -OCH3 is 1. The van der Waals surface area contributed by atoms with Crippen molar-refractivity contribution in [2.75, 3.05) is 26.8 Å². The van der Waals surface area contributed by atoms with E-state index in [2.05, 4.69) is 10.1 Å². The van der Waals surface area contributed by atoms with Crippen LogP contribution in [0.1, 0.15) is 36.0 Å². The van der Waals surface area contributed by atoms with Crippen molar-refractivity contribution >= 4 is 5.91 Å². The predicted molar refractivity (Wildman–Crippen MR) is 116 cm³/mol. The van der Waals surface area contributed by atoms with Gasteiger partial charge in [-0.05, 0) is 74.2 Å². The first kappa shape index (κ1) is 20.9. The van der Waals surface area contributed by atoms with Gasteiger partial charge in [0.05, 0.1) is 13.7 Å². The van der Waals surface area contributed by atoms with Crippen LogP contribution in [0.2, 0.25) is 0 Å². The third-order valence-electron chi connectivity index (χ3n) is 5.59. The molecule has 0 radical (unpaired) electrons. The Hall–Kier alpha value is -3.35. The van der Waals surface area contributed by atoms with Crippen molar-refractivity contribution in [1.29, 1.82) is 0 Å². The molecule has 7 nitrogen and oxygen atoms in total. The lowest BCUT2D eigenvalue weighted by Crippen LogP contribution is -2.38. The number of piperidine rings is 1. The van der Waals surface area contributed by atoms with Gasteiger partial charge < -0.3 is 18.9 Å². The van der Waals surface area contributed by atoms with E-state index in [0.29, 0.717) is 29.8 Å². The molecule has 0 spiro atoms. The fourth-order valence-corrected chi connectivity index (χ4v) is 3.83. The molecule has 2 aromatic carbocycles. The highest BCUT2D eigenvalue weighted by Crippen LogP contribution is 2.25. The van der Waals surface area contributed by atoms with Crippen molar-refractivity contribution in [3.63, 3.8) is 0 Å². The SMILES string of the molecule is CCOc1ccc(C(=O)N2CCC(Cc3nc(-c4ccc(OC)cc4)no3)CC2)cc1. The Kier molecular flexibility index (Phi) is 6.50. The van der Waals surface area contributed by atoms with Crippen molar-refractivity contribution in [3.8, 4) is 22.9 Å². The van der Waals surface area contributed by atoms with E-state index < -0.39 is 0 Å². The Morgan fingerprint density at radius 3 is 2.39 bits per heavy atom. The van der Waals surface area contributed by atoms with E-state index >= 15 is 0 Å². The molecule has 0 atom stereocenters. The van der Waals surface area contributed by atoms with Gasteiger partial charge in [0, 0.05) is 30.6 Å². The number of nitrogens with zero attached hydrogens (tertiary/aromatic N) is 3. The van der Waals surface area contributed by atoms with Crippen LogP contribution in [0.5, 0.6) is 11.5 Å². The number of aromatic nitrogens is 2. The zero-order chi connectivity index (χ0) is 21.6. The number of likely N-dealkylation sites (tertiary alicyclic amines) is 1. The van der Waals surface area contributed by atoms with Gasteiger partial charge in [-0.1, -0.05) is 5.16 Å². The molecule has 1 saturated heterocycles. The molecule has 0 unspecified atom stereocenters. The lowest BCUT2D eigenvalue weighted by Gasteiger charge is -2.31. The number of amides is 1. The largest absolute Gasteiger partial charge is 0.497 e. The number of hydrogen-bond acceptors (Lipinski definition) is 6. The van der Waals surface area contributed by atoms with E-state index in [9.17, 15) is 4.79 Å². The summed E-state index contributed by atoms with van der Waals surface area (Å²) in [7, 11) is 1.64. The van der Waals surface area contributed by atoms with Crippen LogP contribution >= 0.6 is 0 Å². The van der Waals surface area contributed by atoms with Crippen molar-refractivity contribution < 1.29 is 18.8 Å². The zero-order valence-corrected chi connectivity index (χ0v) is 17.9. The standard InChI is InChI=1S/C24H27N3O4/c1-3-30-21-10-6-19(7-11-21)24(28)27-14-12-17(13-15-27)16-22-25-23(26-31-22)18-4-8-20(29-2)9-5-18/h4-11,17H,3,12-16H2,1-2H3. The first-order valence-corrected chi connectivity index (χ1v) is 10.7. The molecule has 1 aliphatic heterocycles. The zero-order valence-electron chi connectivity index (χ0n) is 17.9. The van der Waals surface area contributed by atoms with Gasteiger partial charge in [-0.25, -0.2) is 0 Å². The summed E-state index contributed by atoms with van der Waals surface area (Å²) in [6, 6.07) is 14.9. The lowest BCUT2D eigenvalue weighted by molar-refractivity contribution is 0.0687. The molecule has 7 heteroatoms. The quantitative estimate of drug-likeness (QED) is 0.568. The third-order valence-corrected chi connectivity index (χ3v) is 5.59. The van der Waals surface area contributed by atoms with E-state index in [4.69, 9.17) is 14.0 Å². The summed E-state index contributed by atoms with van der Waals surface area (Å²) in [6.07, 6.45) is 2.57. The van der Waals surface area contributed by atoms with Gasteiger partial charge in [-0.3, -0.25) is 4.79 Å². The van der Waals surface area contributed by atoms with Gasteiger partial charge in [0.25, 0.3) is 5.91 Å². The summed E-state index contributed by atoms with van der Waals surface area (Å²) in [5.74, 6) is 3.29. The summed E-state index contributed by atoms with van der Waals surface area (Å²) >= 11 is 0. The molecular weight excluding hydrogens is 394 g/mol. The summed E-state index contributed by atoms with van der Waals surface area (Å²) < 4.78 is 16.1. The molecule has 1 aromatic heterocycles. The molecule has 2 heterocycles. The lowest BCUT2D eigenvalue weighted by atomic mass is 9.93. The summed E-state index contributed by atoms with van der Waals surface area (Å²) in [5, 5.41) is 4.11. The molecule has 3 aromatic rings. The average Bonchev–Trinajstić information content (AvgIpc) is 3.28. The van der Waals surface area contributed by atoms with Crippen LogP contribution in [0.4, 0.5) is 0 Å². The molecule has 31 heavy (non-hydrogen) atoms. The van der Waals surface area contributed by atoms with Crippen molar-refractivity contribution in [1.82, 2.24) is 15.0 Å². The molecule has 0 N–H and O–H groups in total. The number of rotatable bonds is 7. The highest BCUT2D eigenvalue weighted by Gasteiger charge is 2.25. The monoisotopic (exact) mass is 421 g/mol. The van der Waals surface area contributed by atoms with Gasteiger partial charge in [-0.15, -0.1) is 0 Å². The second-order valence-corrected chi connectivity index (χ2v) is 7.64. The number of hydrogen-bond donors (Lipinski definition) is 0. The maximum absolute atomic E-state index is 12.8. The Balaban J connectivity index is 1.30. The Bertz CT molecular complexity index is 990. The fraction of sp³-hybridized carbons (Fsp3) is 0.375. The minimum atomic E-state index is 0.0704. The maximum Gasteiger partial charge on any atom is 0.253 e. The van der Waals surface area contributed by atoms with E-state index in [0.717, 1.165) is 49.4 Å². The smallest absolute Gasteiger partial charge is 0.253 e. The van der Waals surface area contributed by atoms with Gasteiger partial charge in [0.1, 0.15) is 11.5 Å². The minimum absolute atomic E-state index is 0.0704. The predicted octanol–water partition coefficient (Wildman–Crippen LogP) is 4.24. The van der Waals surface area contributed by atoms with Gasteiger partial charge in [-0.2, -0.15) is 4.98 Å². The minimum Gasteiger partial charge on any atom is -0.497 e. The summed E-state index contributed by atoms with van der Waals surface area (Å²) in [6.45, 7) is 4.02. The van der Waals surface area contributed by atoms with E-state index in [1.807, 2.05) is 60.4 Å². The molecule has 162 valence electrons. The Morgan fingerprint density at radius 2 is 1.74 bits per heavy atom. The summed E-state index contributed by atoms with van der Waals surface area (Å²) in [4.78, 5) is 19.2. The van der Waals surface area contributed by atoms with Crippen LogP contribution in [-0.4, -0.2) is 47.8 Å². The van der Waals surface area contributed by atoms with E-state index in [-0.39, 0.29) is 5.91 Å². The van der Waals surface area contributed by atoms with Crippen LogP contribution in [0.25, 0.3) is 11.4 Å². The van der Waals surface area contributed by atoms with Crippen molar-refractivity contribution in [2.45, 2.75) is 26.2 Å². The second kappa shape index (κ2) is 9.64.